The Morgan fingerprint density at radius 2 is 1.83 bits per heavy atom. The summed E-state index contributed by atoms with van der Waals surface area (Å²) in [4.78, 5) is 23.6. The smallest absolute Gasteiger partial charge is 0.347 e. The van der Waals surface area contributed by atoms with E-state index in [1.54, 1.807) is 0 Å². The number of carbonyl (C=O) groups is 1. The molecule has 0 bridgehead atoms. The van der Waals surface area contributed by atoms with Crippen molar-refractivity contribution >= 4 is 5.91 Å². The van der Waals surface area contributed by atoms with Crippen molar-refractivity contribution in [1.29, 1.82) is 0 Å². The molecule has 0 unspecified atom stereocenters. The summed E-state index contributed by atoms with van der Waals surface area (Å²) < 4.78 is 38.6. The molecule has 0 aliphatic rings. The molecule has 1 N–H and O–H groups in total. The molecule has 0 aliphatic carbocycles. The highest BCUT2D eigenvalue weighted by atomic mass is 19.4. The molecule has 0 atom stereocenters. The molecule has 24 heavy (non-hydrogen) atoms. The third-order valence-electron chi connectivity index (χ3n) is 3.27. The largest absolute Gasteiger partial charge is 0.416 e. The Morgan fingerprint density at radius 1 is 1.17 bits per heavy atom. The molecule has 1 aromatic heterocycles. The van der Waals surface area contributed by atoms with Crippen molar-refractivity contribution < 1.29 is 18.0 Å². The summed E-state index contributed by atoms with van der Waals surface area (Å²) in [5.41, 5.74) is -0.435. The molecule has 1 heterocycles. The lowest BCUT2D eigenvalue weighted by Crippen LogP contribution is -2.29. The first-order chi connectivity index (χ1) is 11.3. The van der Waals surface area contributed by atoms with E-state index in [2.05, 4.69) is 10.4 Å². The van der Waals surface area contributed by atoms with Crippen molar-refractivity contribution in [2.45, 2.75) is 32.6 Å². The van der Waals surface area contributed by atoms with Gasteiger partial charge in [0.15, 0.2) is 0 Å². The maximum Gasteiger partial charge on any atom is 0.416 e. The molecule has 1 aromatic carbocycles. The van der Waals surface area contributed by atoms with E-state index in [1.165, 1.54) is 28.9 Å². The number of carbonyl (C=O) groups excluding carboxylic acids is 1. The van der Waals surface area contributed by atoms with Crippen molar-refractivity contribution in [3.8, 4) is 0 Å². The van der Waals surface area contributed by atoms with Crippen LogP contribution in [0.15, 0.2) is 41.2 Å². The minimum Gasteiger partial charge on any atom is -0.347 e. The molecule has 0 radical (unpaired) electrons. The monoisotopic (exact) mass is 339 g/mol. The van der Waals surface area contributed by atoms with Gasteiger partial charge in [-0.3, -0.25) is 9.59 Å². The average Bonchev–Trinajstić information content (AvgIpc) is 2.54. The Morgan fingerprint density at radius 3 is 2.42 bits per heavy atom. The highest BCUT2D eigenvalue weighted by Gasteiger charge is 2.29. The Hall–Kier alpha value is -2.64. The second-order valence-corrected chi connectivity index (χ2v) is 5.16. The Labute approximate surface area is 136 Å². The van der Waals surface area contributed by atoms with Gasteiger partial charge >= 0.3 is 6.18 Å². The number of nitrogens with zero attached hydrogens (tertiary/aromatic N) is 2. The van der Waals surface area contributed by atoms with Gasteiger partial charge in [-0.05, 0) is 30.2 Å². The van der Waals surface area contributed by atoms with Crippen LogP contribution in [0.3, 0.4) is 0 Å². The first-order valence-electron chi connectivity index (χ1n) is 7.33. The zero-order valence-electron chi connectivity index (χ0n) is 12.9. The Bertz CT molecular complexity index is 767. The third kappa shape index (κ3) is 4.43. The molecule has 0 fully saturated rings. The van der Waals surface area contributed by atoms with Gasteiger partial charge in [-0.25, -0.2) is 4.68 Å². The molecule has 0 spiro atoms. The number of rotatable bonds is 5. The van der Waals surface area contributed by atoms with Crippen LogP contribution < -0.4 is 10.9 Å². The molecule has 2 rings (SSSR count). The third-order valence-corrected chi connectivity index (χ3v) is 3.27. The van der Waals surface area contributed by atoms with Gasteiger partial charge in [0.2, 0.25) is 0 Å². The van der Waals surface area contributed by atoms with E-state index in [9.17, 15) is 22.8 Å². The van der Waals surface area contributed by atoms with Crippen LogP contribution in [0.25, 0.3) is 0 Å². The lowest BCUT2D eigenvalue weighted by molar-refractivity contribution is -0.137. The van der Waals surface area contributed by atoms with Crippen LogP contribution in [-0.2, 0) is 19.3 Å². The first-order valence-corrected chi connectivity index (χ1v) is 7.33. The quantitative estimate of drug-likeness (QED) is 0.911. The predicted molar refractivity (Wildman–Crippen MR) is 81.4 cm³/mol. The molecular weight excluding hydrogens is 323 g/mol. The van der Waals surface area contributed by atoms with Crippen LogP contribution >= 0.6 is 0 Å². The number of halogens is 3. The standard InChI is InChI=1S/C16H16F3N3O2/c1-2-9-22-14(23)8-7-13(21-22)15(24)20-10-11-3-5-12(6-4-11)16(17,18)19/h3-8H,2,9-10H2,1H3,(H,20,24). The number of hydrogen-bond donors (Lipinski definition) is 1. The van der Waals surface area contributed by atoms with Crippen molar-refractivity contribution in [1.82, 2.24) is 15.1 Å². The molecule has 0 saturated heterocycles. The van der Waals surface area contributed by atoms with Crippen LogP contribution in [0.2, 0.25) is 0 Å². The SMILES string of the molecule is CCCn1nc(C(=O)NCc2ccc(C(F)(F)F)cc2)ccc1=O. The van der Waals surface area contributed by atoms with E-state index < -0.39 is 17.6 Å². The number of hydrogen-bond acceptors (Lipinski definition) is 3. The number of alkyl halides is 3. The van der Waals surface area contributed by atoms with Crippen LogP contribution in [0.4, 0.5) is 13.2 Å². The first kappa shape index (κ1) is 17.7. The topological polar surface area (TPSA) is 64.0 Å². The molecule has 5 nitrogen and oxygen atoms in total. The summed E-state index contributed by atoms with van der Waals surface area (Å²) in [5, 5.41) is 6.53. The van der Waals surface area contributed by atoms with Gasteiger partial charge in [0.1, 0.15) is 5.69 Å². The highest BCUT2D eigenvalue weighted by molar-refractivity contribution is 5.91. The fraction of sp³-hybridized carbons (Fsp3) is 0.312. The van der Waals surface area contributed by atoms with E-state index in [-0.39, 0.29) is 17.8 Å². The van der Waals surface area contributed by atoms with Crippen LogP contribution in [0.1, 0.15) is 35.0 Å². The van der Waals surface area contributed by atoms with Gasteiger partial charge in [0.05, 0.1) is 5.56 Å². The number of amides is 1. The van der Waals surface area contributed by atoms with Gasteiger partial charge in [-0.2, -0.15) is 18.3 Å². The summed E-state index contributed by atoms with van der Waals surface area (Å²) in [6, 6.07) is 7.09. The zero-order valence-corrected chi connectivity index (χ0v) is 12.9. The van der Waals surface area contributed by atoms with E-state index in [4.69, 9.17) is 0 Å². The molecule has 128 valence electrons. The van der Waals surface area contributed by atoms with Gasteiger partial charge in [-0.1, -0.05) is 19.1 Å². The van der Waals surface area contributed by atoms with Crippen molar-refractivity contribution in [3.05, 3.63) is 63.6 Å². The normalized spacial score (nSPS) is 11.3. The van der Waals surface area contributed by atoms with Gasteiger partial charge in [-0.15, -0.1) is 0 Å². The van der Waals surface area contributed by atoms with Crippen LogP contribution in [-0.4, -0.2) is 15.7 Å². The van der Waals surface area contributed by atoms with Gasteiger partial charge < -0.3 is 5.32 Å². The lowest BCUT2D eigenvalue weighted by atomic mass is 10.1. The van der Waals surface area contributed by atoms with Crippen LogP contribution in [0, 0.1) is 0 Å². The molecule has 8 heteroatoms. The fourth-order valence-corrected chi connectivity index (χ4v) is 2.03. The van der Waals surface area contributed by atoms with Crippen molar-refractivity contribution in [3.63, 3.8) is 0 Å². The highest BCUT2D eigenvalue weighted by Crippen LogP contribution is 2.29. The fourth-order valence-electron chi connectivity index (χ4n) is 2.03. The second-order valence-electron chi connectivity index (χ2n) is 5.16. The zero-order chi connectivity index (χ0) is 17.7. The van der Waals surface area contributed by atoms with Crippen LogP contribution in [0.5, 0.6) is 0 Å². The lowest BCUT2D eigenvalue weighted by Gasteiger charge is -2.09. The van der Waals surface area contributed by atoms with E-state index in [0.29, 0.717) is 18.5 Å². The van der Waals surface area contributed by atoms with E-state index >= 15 is 0 Å². The predicted octanol–water partition coefficient (Wildman–Crippen LogP) is 2.60. The van der Waals surface area contributed by atoms with E-state index in [1.807, 2.05) is 6.92 Å². The molecule has 2 aromatic rings. The number of benzene rings is 1. The van der Waals surface area contributed by atoms with Crippen molar-refractivity contribution in [2.24, 2.45) is 0 Å². The maximum atomic E-state index is 12.5. The van der Waals surface area contributed by atoms with E-state index in [0.717, 1.165) is 12.1 Å². The summed E-state index contributed by atoms with van der Waals surface area (Å²) in [5.74, 6) is -0.500. The van der Waals surface area contributed by atoms with Gasteiger partial charge in [0, 0.05) is 19.2 Å². The minimum atomic E-state index is -4.39. The maximum absolute atomic E-state index is 12.5. The molecular formula is C16H16F3N3O2. The van der Waals surface area contributed by atoms with Gasteiger partial charge in [0.25, 0.3) is 11.5 Å². The number of nitrogens with one attached hydrogen (secondary N) is 1. The number of aromatic nitrogens is 2. The Kier molecular flexibility index (Phi) is 5.38. The molecule has 0 aliphatic heterocycles. The summed E-state index contributed by atoms with van der Waals surface area (Å²) in [6.45, 7) is 2.34. The average molecular weight is 339 g/mol. The molecule has 1 amide bonds. The molecule has 0 saturated carbocycles. The second kappa shape index (κ2) is 7.29. The summed E-state index contributed by atoms with van der Waals surface area (Å²) >= 11 is 0. The van der Waals surface area contributed by atoms with Crippen molar-refractivity contribution in [2.75, 3.05) is 0 Å². The summed E-state index contributed by atoms with van der Waals surface area (Å²) in [6.07, 6.45) is -3.69. The summed E-state index contributed by atoms with van der Waals surface area (Å²) in [7, 11) is 0. The number of aryl methyl sites for hydroxylation is 1. The Balaban J connectivity index is 2.03. The minimum absolute atomic E-state index is 0.0611.